The lowest BCUT2D eigenvalue weighted by molar-refractivity contribution is 0.0939. The van der Waals surface area contributed by atoms with Gasteiger partial charge in [-0.2, -0.15) is 0 Å². The van der Waals surface area contributed by atoms with Crippen LogP contribution < -0.4 is 4.74 Å². The smallest absolute Gasteiger partial charge is 0.179 e. The molecule has 0 radical (unpaired) electrons. The van der Waals surface area contributed by atoms with Gasteiger partial charge in [-0.05, 0) is 18.2 Å². The third-order valence-electron chi connectivity index (χ3n) is 3.23. The molecule has 0 N–H and O–H groups in total. The first-order valence-electron chi connectivity index (χ1n) is 5.88. The Morgan fingerprint density at radius 2 is 1.74 bits per heavy atom. The minimum Gasteiger partial charge on any atom is -0.492 e. The van der Waals surface area contributed by atoms with Gasteiger partial charge in [0, 0.05) is 5.56 Å². The monoisotopic (exact) mass is 260 g/mol. The van der Waals surface area contributed by atoms with Crippen molar-refractivity contribution in [2.75, 3.05) is 6.61 Å². The number of benzene rings is 2. The van der Waals surface area contributed by atoms with Gasteiger partial charge in [-0.1, -0.05) is 24.3 Å². The Labute approximate surface area is 108 Å². The van der Waals surface area contributed by atoms with Crippen LogP contribution in [0.25, 0.3) is 0 Å². The number of ketones is 1. The minimum absolute atomic E-state index is 0.117. The van der Waals surface area contributed by atoms with Gasteiger partial charge >= 0.3 is 0 Å². The van der Waals surface area contributed by atoms with E-state index in [1.165, 1.54) is 6.07 Å². The highest BCUT2D eigenvalue weighted by Gasteiger charge is 2.33. The second-order valence-electron chi connectivity index (χ2n) is 4.36. The third-order valence-corrected chi connectivity index (χ3v) is 3.23. The molecule has 2 aromatic rings. The summed E-state index contributed by atoms with van der Waals surface area (Å²) >= 11 is 0. The van der Waals surface area contributed by atoms with Gasteiger partial charge in [-0.15, -0.1) is 0 Å². The fourth-order valence-corrected chi connectivity index (χ4v) is 2.29. The molecule has 4 heteroatoms. The van der Waals surface area contributed by atoms with E-state index in [4.69, 9.17) is 4.74 Å². The lowest BCUT2D eigenvalue weighted by Crippen LogP contribution is -2.17. The van der Waals surface area contributed by atoms with Crippen molar-refractivity contribution in [1.29, 1.82) is 0 Å². The molecule has 0 amide bonds. The van der Waals surface area contributed by atoms with Crippen molar-refractivity contribution >= 4 is 5.78 Å². The van der Waals surface area contributed by atoms with Crippen LogP contribution in [-0.4, -0.2) is 12.4 Å². The molecular weight excluding hydrogens is 250 g/mol. The molecule has 0 aliphatic carbocycles. The van der Waals surface area contributed by atoms with E-state index in [-0.39, 0.29) is 6.61 Å². The molecule has 96 valence electrons. The van der Waals surface area contributed by atoms with Gasteiger partial charge in [-0.25, -0.2) is 8.78 Å². The van der Waals surface area contributed by atoms with Gasteiger partial charge in [0.2, 0.25) is 0 Å². The van der Waals surface area contributed by atoms with Crippen molar-refractivity contribution in [3.63, 3.8) is 0 Å². The van der Waals surface area contributed by atoms with Crippen LogP contribution in [0, 0.1) is 11.6 Å². The lowest BCUT2D eigenvalue weighted by atomic mass is 9.92. The van der Waals surface area contributed by atoms with Crippen molar-refractivity contribution < 1.29 is 18.3 Å². The van der Waals surface area contributed by atoms with Crippen LogP contribution in [0.5, 0.6) is 5.75 Å². The van der Waals surface area contributed by atoms with E-state index in [1.807, 2.05) is 0 Å². The molecule has 0 bridgehead atoms. The zero-order valence-electron chi connectivity index (χ0n) is 9.90. The number of para-hydroxylation sites is 1. The molecule has 2 aromatic carbocycles. The fourth-order valence-electron chi connectivity index (χ4n) is 2.29. The molecule has 1 aliphatic rings. The Hall–Kier alpha value is -2.23. The molecule has 1 atom stereocenters. The van der Waals surface area contributed by atoms with Crippen LogP contribution in [0.4, 0.5) is 8.78 Å². The summed E-state index contributed by atoms with van der Waals surface area (Å²) in [6.07, 6.45) is 0. The summed E-state index contributed by atoms with van der Waals surface area (Å²) in [4.78, 5) is 12.3. The zero-order chi connectivity index (χ0) is 13.4. The maximum absolute atomic E-state index is 13.6. The Bertz CT molecular complexity index is 632. The quantitative estimate of drug-likeness (QED) is 0.774. The van der Waals surface area contributed by atoms with Gasteiger partial charge < -0.3 is 4.74 Å². The van der Waals surface area contributed by atoms with E-state index in [1.54, 1.807) is 24.3 Å². The summed E-state index contributed by atoms with van der Waals surface area (Å²) in [5.41, 5.74) is 0.183. The molecule has 0 saturated heterocycles. The number of halogens is 2. The summed E-state index contributed by atoms with van der Waals surface area (Å²) in [5, 5.41) is 0. The number of hydrogen-bond acceptors (Lipinski definition) is 2. The zero-order valence-corrected chi connectivity index (χ0v) is 9.90. The molecule has 0 saturated carbocycles. The summed E-state index contributed by atoms with van der Waals surface area (Å²) in [5.74, 6) is -2.32. The van der Waals surface area contributed by atoms with Crippen molar-refractivity contribution in [1.82, 2.24) is 0 Å². The van der Waals surface area contributed by atoms with Gasteiger partial charge in [0.15, 0.2) is 5.78 Å². The molecule has 1 heterocycles. The molecule has 19 heavy (non-hydrogen) atoms. The topological polar surface area (TPSA) is 26.3 Å². The van der Waals surface area contributed by atoms with E-state index in [9.17, 15) is 13.6 Å². The highest BCUT2D eigenvalue weighted by molar-refractivity contribution is 6.02. The van der Waals surface area contributed by atoms with E-state index in [0.29, 0.717) is 11.3 Å². The summed E-state index contributed by atoms with van der Waals surface area (Å²) < 4.78 is 32.6. The van der Waals surface area contributed by atoms with E-state index in [2.05, 4.69) is 0 Å². The van der Waals surface area contributed by atoms with E-state index < -0.39 is 28.9 Å². The third kappa shape index (κ3) is 1.89. The minimum atomic E-state index is -0.839. The number of carbonyl (C=O) groups excluding carboxylic acids is 1. The number of fused-ring (bicyclic) bond motifs is 1. The SMILES string of the molecule is O=C(c1c(F)cccc1F)C1COc2ccccc21. The average molecular weight is 260 g/mol. The first-order chi connectivity index (χ1) is 9.18. The second-order valence-corrected chi connectivity index (χ2v) is 4.36. The first-order valence-corrected chi connectivity index (χ1v) is 5.88. The first kappa shape index (κ1) is 11.8. The number of ether oxygens (including phenoxy) is 1. The standard InChI is InChI=1S/C15H10F2O2/c16-11-5-3-6-12(17)14(11)15(18)10-8-19-13-7-2-1-4-9(10)13/h1-7,10H,8H2. The number of Topliss-reactive ketones (excluding diaryl/α,β-unsaturated/α-hetero) is 1. The van der Waals surface area contributed by atoms with Crippen LogP contribution in [-0.2, 0) is 0 Å². The average Bonchev–Trinajstić information content (AvgIpc) is 2.82. The normalized spacial score (nSPS) is 16.8. The molecule has 2 nitrogen and oxygen atoms in total. The van der Waals surface area contributed by atoms with Crippen LogP contribution in [0.15, 0.2) is 42.5 Å². The van der Waals surface area contributed by atoms with E-state index in [0.717, 1.165) is 12.1 Å². The Morgan fingerprint density at radius 3 is 2.47 bits per heavy atom. The highest BCUT2D eigenvalue weighted by atomic mass is 19.1. The Kier molecular flexibility index (Phi) is 2.78. The molecule has 0 fully saturated rings. The molecule has 3 rings (SSSR count). The molecule has 1 unspecified atom stereocenters. The predicted molar refractivity (Wildman–Crippen MR) is 65.4 cm³/mol. The van der Waals surface area contributed by atoms with Crippen LogP contribution in [0.1, 0.15) is 21.8 Å². The Balaban J connectivity index is 2.03. The van der Waals surface area contributed by atoms with Crippen molar-refractivity contribution in [3.05, 3.63) is 65.2 Å². The second kappa shape index (κ2) is 4.46. The molecular formula is C15H10F2O2. The summed E-state index contributed by atoms with van der Waals surface area (Å²) in [6, 6.07) is 10.4. The number of rotatable bonds is 2. The van der Waals surface area contributed by atoms with Crippen molar-refractivity contribution in [2.45, 2.75) is 5.92 Å². The predicted octanol–water partition coefficient (Wildman–Crippen LogP) is 3.32. The highest BCUT2D eigenvalue weighted by Crippen LogP contribution is 2.36. The van der Waals surface area contributed by atoms with Gasteiger partial charge in [-0.3, -0.25) is 4.79 Å². The van der Waals surface area contributed by atoms with Gasteiger partial charge in [0.1, 0.15) is 24.0 Å². The molecule has 0 aromatic heterocycles. The van der Waals surface area contributed by atoms with Crippen LogP contribution in [0.2, 0.25) is 0 Å². The van der Waals surface area contributed by atoms with Gasteiger partial charge in [0.25, 0.3) is 0 Å². The molecule has 0 spiro atoms. The number of carbonyl (C=O) groups is 1. The molecule has 1 aliphatic heterocycles. The summed E-state index contributed by atoms with van der Waals surface area (Å²) in [6.45, 7) is 0.117. The maximum Gasteiger partial charge on any atom is 0.179 e. The lowest BCUT2D eigenvalue weighted by Gasteiger charge is -2.09. The van der Waals surface area contributed by atoms with Crippen molar-refractivity contribution in [3.8, 4) is 5.75 Å². The van der Waals surface area contributed by atoms with Gasteiger partial charge in [0.05, 0.1) is 11.5 Å². The van der Waals surface area contributed by atoms with Crippen molar-refractivity contribution in [2.24, 2.45) is 0 Å². The van der Waals surface area contributed by atoms with Crippen LogP contribution in [0.3, 0.4) is 0 Å². The van der Waals surface area contributed by atoms with Crippen LogP contribution >= 0.6 is 0 Å². The maximum atomic E-state index is 13.6. The van der Waals surface area contributed by atoms with E-state index >= 15 is 0 Å². The Morgan fingerprint density at radius 1 is 1.05 bits per heavy atom. The number of hydrogen-bond donors (Lipinski definition) is 0. The summed E-state index contributed by atoms with van der Waals surface area (Å²) in [7, 11) is 0. The largest absolute Gasteiger partial charge is 0.492 e. The fraction of sp³-hybridized carbons (Fsp3) is 0.133.